The maximum absolute atomic E-state index is 5.88. The molecule has 0 aromatic heterocycles. The highest BCUT2D eigenvalue weighted by atomic mass is 32.2. The van der Waals surface area contributed by atoms with E-state index in [1.54, 1.807) is 0 Å². The van der Waals surface area contributed by atoms with E-state index in [1.807, 2.05) is 0 Å². The zero-order valence-electron chi connectivity index (χ0n) is 12.6. The quantitative estimate of drug-likeness (QED) is 0.593. The van der Waals surface area contributed by atoms with E-state index in [1.165, 1.54) is 51.4 Å². The minimum absolute atomic E-state index is 0.937. The molecular weight excluding hydrogens is 272 g/mol. The van der Waals surface area contributed by atoms with Gasteiger partial charge in [-0.15, -0.1) is 0 Å². The molecule has 3 heteroatoms. The minimum Gasteiger partial charge on any atom is -0.381 e. The second-order valence-corrected chi connectivity index (χ2v) is 8.54. The van der Waals surface area contributed by atoms with Crippen molar-refractivity contribution < 1.29 is 4.74 Å². The predicted octanol–water partition coefficient (Wildman–Crippen LogP) is 4.85. The Morgan fingerprint density at radius 2 is 1.26 bits per heavy atom. The summed E-state index contributed by atoms with van der Waals surface area (Å²) in [4.78, 5) is 0. The Kier molecular flexibility index (Phi) is 7.46. The van der Waals surface area contributed by atoms with Crippen molar-refractivity contribution in [2.45, 2.75) is 61.9 Å². The van der Waals surface area contributed by atoms with Crippen LogP contribution < -0.4 is 0 Å². The molecule has 0 bridgehead atoms. The van der Waals surface area contributed by atoms with E-state index in [4.69, 9.17) is 4.74 Å². The first kappa shape index (κ1) is 16.0. The lowest BCUT2D eigenvalue weighted by Crippen LogP contribution is -2.07. The molecular formula is C16H30OS2. The lowest BCUT2D eigenvalue weighted by Gasteiger charge is -2.12. The first-order chi connectivity index (χ1) is 9.31. The Hall–Kier alpha value is 0.660. The van der Waals surface area contributed by atoms with Gasteiger partial charge in [0.1, 0.15) is 0 Å². The molecule has 0 aliphatic heterocycles. The fourth-order valence-corrected chi connectivity index (χ4v) is 5.29. The van der Waals surface area contributed by atoms with Crippen molar-refractivity contribution in [1.82, 2.24) is 0 Å². The monoisotopic (exact) mass is 302 g/mol. The van der Waals surface area contributed by atoms with Gasteiger partial charge in [0.05, 0.1) is 0 Å². The number of thioether (sulfide) groups is 2. The second-order valence-electron chi connectivity index (χ2n) is 6.26. The molecule has 0 amide bonds. The van der Waals surface area contributed by atoms with Crippen molar-refractivity contribution in [3.63, 3.8) is 0 Å². The normalized spacial score (nSPS) is 35.1. The van der Waals surface area contributed by atoms with Crippen molar-refractivity contribution >= 4 is 23.5 Å². The molecule has 0 radical (unpaired) electrons. The van der Waals surface area contributed by atoms with Gasteiger partial charge in [0, 0.05) is 23.7 Å². The molecule has 2 rings (SSSR count). The zero-order valence-corrected chi connectivity index (χ0v) is 14.2. The molecule has 1 nitrogen and oxygen atoms in total. The number of hydrogen-bond donors (Lipinski definition) is 0. The third kappa shape index (κ3) is 5.51. The average Bonchev–Trinajstić information content (AvgIpc) is 3.06. The van der Waals surface area contributed by atoms with Crippen molar-refractivity contribution in [2.24, 2.45) is 11.8 Å². The summed E-state index contributed by atoms with van der Waals surface area (Å²) in [7, 11) is 0. The van der Waals surface area contributed by atoms with E-state index >= 15 is 0 Å². The summed E-state index contributed by atoms with van der Waals surface area (Å²) in [6, 6.07) is 0. The molecule has 0 N–H and O–H groups in total. The lowest BCUT2D eigenvalue weighted by molar-refractivity contribution is 0.108. The van der Waals surface area contributed by atoms with Gasteiger partial charge in [-0.1, -0.05) is 0 Å². The van der Waals surface area contributed by atoms with Crippen LogP contribution in [0, 0.1) is 11.8 Å². The lowest BCUT2D eigenvalue weighted by atomic mass is 10.0. The Morgan fingerprint density at radius 3 is 1.63 bits per heavy atom. The summed E-state index contributed by atoms with van der Waals surface area (Å²) in [6.07, 6.45) is 15.7. The molecule has 2 saturated carbocycles. The summed E-state index contributed by atoms with van der Waals surface area (Å²) >= 11 is 4.11. The van der Waals surface area contributed by atoms with Gasteiger partial charge in [0.15, 0.2) is 0 Å². The first-order valence-electron chi connectivity index (χ1n) is 7.95. The van der Waals surface area contributed by atoms with Gasteiger partial charge in [-0.2, -0.15) is 23.5 Å². The van der Waals surface area contributed by atoms with Crippen molar-refractivity contribution in [3.8, 4) is 0 Å². The van der Waals surface area contributed by atoms with Crippen LogP contribution >= 0.6 is 23.5 Å². The zero-order chi connectivity index (χ0) is 13.5. The molecule has 112 valence electrons. The van der Waals surface area contributed by atoms with Gasteiger partial charge in [0.2, 0.25) is 0 Å². The second kappa shape index (κ2) is 8.84. The molecule has 19 heavy (non-hydrogen) atoms. The fraction of sp³-hybridized carbons (Fsp3) is 1.00. The molecule has 0 aromatic rings. The van der Waals surface area contributed by atoms with Crippen LogP contribution in [0.15, 0.2) is 0 Å². The van der Waals surface area contributed by atoms with Gasteiger partial charge >= 0.3 is 0 Å². The predicted molar refractivity (Wildman–Crippen MR) is 89.3 cm³/mol. The smallest absolute Gasteiger partial charge is 0.0468 e. The maximum Gasteiger partial charge on any atom is 0.0468 e. The van der Waals surface area contributed by atoms with E-state index in [0.29, 0.717) is 0 Å². The molecule has 0 aromatic carbocycles. The van der Waals surface area contributed by atoms with E-state index in [9.17, 15) is 0 Å². The highest BCUT2D eigenvalue weighted by Crippen LogP contribution is 2.35. The van der Waals surface area contributed by atoms with Crippen LogP contribution in [-0.2, 0) is 4.74 Å². The van der Waals surface area contributed by atoms with Crippen LogP contribution in [0.2, 0.25) is 0 Å². The molecule has 4 atom stereocenters. The minimum atomic E-state index is 0.937. The van der Waals surface area contributed by atoms with E-state index in [-0.39, 0.29) is 0 Å². The van der Waals surface area contributed by atoms with E-state index in [0.717, 1.165) is 35.5 Å². The molecule has 2 aliphatic rings. The molecule has 0 spiro atoms. The Balaban J connectivity index is 1.45. The summed E-state index contributed by atoms with van der Waals surface area (Å²) in [6.45, 7) is 2.01. The summed E-state index contributed by atoms with van der Waals surface area (Å²) in [5.41, 5.74) is 0. The fourth-order valence-electron chi connectivity index (χ4n) is 3.61. The van der Waals surface area contributed by atoms with Gasteiger partial charge in [-0.05, 0) is 75.7 Å². The molecule has 4 unspecified atom stereocenters. The molecule has 2 fully saturated rings. The van der Waals surface area contributed by atoms with Crippen LogP contribution in [0.25, 0.3) is 0 Å². The summed E-state index contributed by atoms with van der Waals surface area (Å²) in [5, 5.41) is 1.87. The highest BCUT2D eigenvalue weighted by Gasteiger charge is 2.24. The van der Waals surface area contributed by atoms with Gasteiger partial charge < -0.3 is 4.74 Å². The van der Waals surface area contributed by atoms with Crippen molar-refractivity contribution in [1.29, 1.82) is 0 Å². The van der Waals surface area contributed by atoms with Crippen molar-refractivity contribution in [2.75, 3.05) is 25.7 Å². The van der Waals surface area contributed by atoms with Crippen molar-refractivity contribution in [3.05, 3.63) is 0 Å². The molecule has 2 aliphatic carbocycles. The number of rotatable bonds is 8. The summed E-state index contributed by atoms with van der Waals surface area (Å²) in [5.74, 6) is 1.90. The Bertz CT molecular complexity index is 223. The average molecular weight is 303 g/mol. The van der Waals surface area contributed by atoms with Crippen LogP contribution in [0.1, 0.15) is 51.4 Å². The molecule has 0 saturated heterocycles. The van der Waals surface area contributed by atoms with Crippen LogP contribution in [0.3, 0.4) is 0 Å². The SMILES string of the molecule is CSC1CCC(CCOCCC2CCC(SC)C2)C1. The largest absolute Gasteiger partial charge is 0.381 e. The number of hydrogen-bond acceptors (Lipinski definition) is 3. The molecule has 0 heterocycles. The van der Waals surface area contributed by atoms with Gasteiger partial charge in [-0.3, -0.25) is 0 Å². The topological polar surface area (TPSA) is 9.23 Å². The maximum atomic E-state index is 5.88. The standard InChI is InChI=1S/C16H30OS2/c1-18-15-5-3-13(11-15)7-9-17-10-8-14-4-6-16(12-14)19-2/h13-16H,3-12H2,1-2H3. The van der Waals surface area contributed by atoms with Crippen LogP contribution in [0.5, 0.6) is 0 Å². The highest BCUT2D eigenvalue weighted by molar-refractivity contribution is 7.99. The van der Waals surface area contributed by atoms with E-state index in [2.05, 4.69) is 36.0 Å². The van der Waals surface area contributed by atoms with Crippen LogP contribution in [-0.4, -0.2) is 36.2 Å². The van der Waals surface area contributed by atoms with Gasteiger partial charge in [0.25, 0.3) is 0 Å². The third-order valence-electron chi connectivity index (χ3n) is 4.99. The van der Waals surface area contributed by atoms with Gasteiger partial charge in [-0.25, -0.2) is 0 Å². The third-order valence-corrected chi connectivity index (χ3v) is 7.18. The first-order valence-corrected chi connectivity index (χ1v) is 10.5. The Labute approximate surface area is 128 Å². The van der Waals surface area contributed by atoms with E-state index < -0.39 is 0 Å². The summed E-state index contributed by atoms with van der Waals surface area (Å²) < 4.78 is 5.88. The Morgan fingerprint density at radius 1 is 0.789 bits per heavy atom. The number of ether oxygens (including phenoxy) is 1. The van der Waals surface area contributed by atoms with Crippen LogP contribution in [0.4, 0.5) is 0 Å².